The van der Waals surface area contributed by atoms with Crippen LogP contribution >= 0.6 is 15.9 Å². The molecule has 1 N–H and O–H groups in total. The summed E-state index contributed by atoms with van der Waals surface area (Å²) in [5, 5.41) is 11.2. The molecule has 0 aliphatic carbocycles. The van der Waals surface area contributed by atoms with Gasteiger partial charge in [-0.3, -0.25) is 4.79 Å². The molecule has 30 heavy (non-hydrogen) atoms. The van der Waals surface area contributed by atoms with Gasteiger partial charge in [-0.05, 0) is 31.5 Å². The van der Waals surface area contributed by atoms with Gasteiger partial charge in [0.15, 0.2) is 17.3 Å². The third-order valence-corrected chi connectivity index (χ3v) is 6.43. The number of benzene rings is 2. The predicted molar refractivity (Wildman–Crippen MR) is 116 cm³/mol. The highest BCUT2D eigenvalue weighted by Crippen LogP contribution is 2.48. The van der Waals surface area contributed by atoms with E-state index in [2.05, 4.69) is 15.9 Å². The largest absolute Gasteiger partial charge is 0.508 e. The highest BCUT2D eigenvalue weighted by molar-refractivity contribution is 9.09. The molecule has 0 fully saturated rings. The molecule has 2 aliphatic heterocycles. The highest BCUT2D eigenvalue weighted by Gasteiger charge is 2.44. The number of methoxy groups -OCH3 is 2. The van der Waals surface area contributed by atoms with Crippen LogP contribution in [0.1, 0.15) is 34.3 Å². The Bertz CT molecular complexity index is 1030. The van der Waals surface area contributed by atoms with Crippen LogP contribution in [0.4, 0.5) is 0 Å². The zero-order valence-corrected chi connectivity index (χ0v) is 18.6. The molecule has 4 rings (SSSR count). The van der Waals surface area contributed by atoms with Gasteiger partial charge in [-0.25, -0.2) is 0 Å². The first-order valence-electron chi connectivity index (χ1n) is 9.64. The average Bonchev–Trinajstić information content (AvgIpc) is 2.76. The summed E-state index contributed by atoms with van der Waals surface area (Å²) in [5.41, 5.74) is 2.92. The first kappa shape index (κ1) is 20.6. The first-order valence-corrected chi connectivity index (χ1v) is 10.8. The number of ketones is 1. The van der Waals surface area contributed by atoms with E-state index in [4.69, 9.17) is 18.9 Å². The van der Waals surface area contributed by atoms with Gasteiger partial charge in [0.1, 0.15) is 30.0 Å². The number of fused-ring (bicyclic) bond motifs is 4. The first-order chi connectivity index (χ1) is 14.5. The topological polar surface area (TPSA) is 74.2 Å². The minimum atomic E-state index is -0.515. The van der Waals surface area contributed by atoms with Crippen molar-refractivity contribution in [3.8, 4) is 28.7 Å². The summed E-state index contributed by atoms with van der Waals surface area (Å²) in [6, 6.07) is 6.70. The molecule has 0 saturated heterocycles. The minimum absolute atomic E-state index is 0.0551. The smallest absolute Gasteiger partial charge is 0.178 e. The van der Waals surface area contributed by atoms with Crippen molar-refractivity contribution in [2.45, 2.75) is 25.4 Å². The van der Waals surface area contributed by atoms with Crippen LogP contribution in [0.3, 0.4) is 0 Å². The monoisotopic (exact) mass is 474 g/mol. The summed E-state index contributed by atoms with van der Waals surface area (Å²) in [6.45, 7) is 2.22. The fraction of sp³-hybridized carbons (Fsp3) is 0.348. The van der Waals surface area contributed by atoms with Crippen molar-refractivity contribution < 1.29 is 28.8 Å². The van der Waals surface area contributed by atoms with E-state index in [0.29, 0.717) is 46.1 Å². The maximum atomic E-state index is 13.5. The summed E-state index contributed by atoms with van der Waals surface area (Å²) >= 11 is 3.42. The van der Waals surface area contributed by atoms with Crippen molar-refractivity contribution in [2.75, 3.05) is 26.2 Å². The van der Waals surface area contributed by atoms with E-state index in [1.165, 1.54) is 0 Å². The van der Waals surface area contributed by atoms with E-state index < -0.39 is 12.0 Å². The molecule has 2 aliphatic rings. The maximum absolute atomic E-state index is 13.5. The predicted octanol–water partition coefficient (Wildman–Crippen LogP) is 4.41. The van der Waals surface area contributed by atoms with Gasteiger partial charge >= 0.3 is 0 Å². The van der Waals surface area contributed by atoms with Gasteiger partial charge in [-0.1, -0.05) is 27.6 Å². The molecule has 2 heterocycles. The van der Waals surface area contributed by atoms with E-state index in [-0.39, 0.29) is 18.1 Å². The number of Topliss-reactive ketones (excluding diaryl/α,β-unsaturated/α-hetero) is 1. The lowest BCUT2D eigenvalue weighted by Gasteiger charge is -2.38. The third-order valence-electron chi connectivity index (χ3n) is 5.54. The van der Waals surface area contributed by atoms with Gasteiger partial charge in [0.25, 0.3) is 0 Å². The number of hydrogen-bond donors (Lipinski definition) is 1. The Morgan fingerprint density at radius 1 is 1.27 bits per heavy atom. The normalized spacial score (nSPS) is 19.7. The molecule has 7 heteroatoms. The summed E-state index contributed by atoms with van der Waals surface area (Å²) in [4.78, 5) is 13.5. The Balaban J connectivity index is 1.78. The van der Waals surface area contributed by atoms with E-state index in [0.717, 1.165) is 10.9 Å². The summed E-state index contributed by atoms with van der Waals surface area (Å²) < 4.78 is 22.9. The second kappa shape index (κ2) is 8.22. The van der Waals surface area contributed by atoms with Gasteiger partial charge in [0, 0.05) is 22.5 Å². The van der Waals surface area contributed by atoms with Gasteiger partial charge < -0.3 is 24.1 Å². The molecule has 0 bridgehead atoms. The van der Waals surface area contributed by atoms with Crippen molar-refractivity contribution in [2.24, 2.45) is 0 Å². The van der Waals surface area contributed by atoms with Crippen LogP contribution in [0.2, 0.25) is 0 Å². The van der Waals surface area contributed by atoms with Crippen LogP contribution in [0.15, 0.2) is 35.9 Å². The number of carbonyl (C=O) groups excluding carboxylic acids is 1. The zero-order chi connectivity index (χ0) is 21.4. The molecular weight excluding hydrogens is 452 g/mol. The van der Waals surface area contributed by atoms with Gasteiger partial charge in [-0.15, -0.1) is 0 Å². The maximum Gasteiger partial charge on any atom is 0.178 e. The Morgan fingerprint density at radius 2 is 2.00 bits per heavy atom. The van der Waals surface area contributed by atoms with Crippen molar-refractivity contribution in [3.63, 3.8) is 0 Å². The Kier molecular flexibility index (Phi) is 5.64. The van der Waals surface area contributed by atoms with Crippen LogP contribution in [0.25, 0.3) is 0 Å². The molecule has 2 aromatic rings. The van der Waals surface area contributed by atoms with Crippen LogP contribution in [-0.4, -0.2) is 43.2 Å². The number of ether oxygens (including phenoxy) is 4. The van der Waals surface area contributed by atoms with E-state index in [1.54, 1.807) is 38.5 Å². The summed E-state index contributed by atoms with van der Waals surface area (Å²) in [5.74, 6) is 1.64. The number of phenolic OH excluding ortho intramolecular Hbond substituents is 1. The quantitative estimate of drug-likeness (QED) is 0.510. The Hall–Kier alpha value is -2.67. The van der Waals surface area contributed by atoms with Gasteiger partial charge in [0.05, 0.1) is 25.7 Å². The van der Waals surface area contributed by atoms with Gasteiger partial charge in [-0.2, -0.15) is 0 Å². The average molecular weight is 475 g/mol. The van der Waals surface area contributed by atoms with Crippen LogP contribution < -0.4 is 18.9 Å². The molecule has 0 aromatic heterocycles. The number of allylic oxidation sites excluding steroid dienone is 2. The number of hydrogen-bond acceptors (Lipinski definition) is 6. The molecule has 0 radical (unpaired) electrons. The molecule has 0 unspecified atom stereocenters. The minimum Gasteiger partial charge on any atom is -0.508 e. The lowest BCUT2D eigenvalue weighted by atomic mass is 9.81. The second-order valence-electron chi connectivity index (χ2n) is 7.38. The van der Waals surface area contributed by atoms with Crippen molar-refractivity contribution >= 4 is 21.7 Å². The SMILES string of the molecule is COc1cc2c(cc1OC)[C@@H]1C(=O)c3ccc(O)c(C/C=C(\C)CBr)c3O[C@@H]1CO2. The molecule has 2 aromatic carbocycles. The van der Waals surface area contributed by atoms with E-state index in [9.17, 15) is 9.90 Å². The highest BCUT2D eigenvalue weighted by atomic mass is 79.9. The molecule has 158 valence electrons. The fourth-order valence-corrected chi connectivity index (χ4v) is 4.15. The standard InChI is InChI=1S/C23H23BrO6/c1-12(10-24)4-5-13-16(25)7-6-14-22(26)21-15-8-18(27-2)19(28-3)9-17(15)29-11-20(21)30-23(13)14/h4,6-9,20-21,25H,5,10-11H2,1-3H3/b12-4+/t20-,21+/m1/s1. The van der Waals surface area contributed by atoms with Crippen molar-refractivity contribution in [1.29, 1.82) is 0 Å². The Morgan fingerprint density at radius 3 is 2.70 bits per heavy atom. The summed E-state index contributed by atoms with van der Waals surface area (Å²) in [6.07, 6.45) is 1.99. The number of alkyl halides is 1. The molecule has 0 spiro atoms. The fourth-order valence-electron chi connectivity index (χ4n) is 3.92. The number of rotatable bonds is 5. The van der Waals surface area contributed by atoms with Crippen molar-refractivity contribution in [3.05, 3.63) is 52.6 Å². The number of aromatic hydroxyl groups is 1. The zero-order valence-electron chi connectivity index (χ0n) is 17.0. The lowest BCUT2D eigenvalue weighted by Crippen LogP contribution is -2.43. The molecular formula is C23H23BrO6. The Labute approximate surface area is 183 Å². The number of carbonyl (C=O) groups is 1. The van der Waals surface area contributed by atoms with Crippen molar-refractivity contribution in [1.82, 2.24) is 0 Å². The van der Waals surface area contributed by atoms with Gasteiger partial charge in [0.2, 0.25) is 0 Å². The number of halogens is 1. The lowest BCUT2D eigenvalue weighted by molar-refractivity contribution is 0.0553. The van der Waals surface area contributed by atoms with E-state index in [1.807, 2.05) is 13.0 Å². The molecule has 6 nitrogen and oxygen atoms in total. The van der Waals surface area contributed by atoms with Crippen LogP contribution in [0.5, 0.6) is 28.7 Å². The summed E-state index contributed by atoms with van der Waals surface area (Å²) in [7, 11) is 3.11. The second-order valence-corrected chi connectivity index (χ2v) is 7.94. The molecule has 2 atom stereocenters. The third kappa shape index (κ3) is 3.41. The van der Waals surface area contributed by atoms with Crippen LogP contribution in [0, 0.1) is 0 Å². The molecule has 0 amide bonds. The van der Waals surface area contributed by atoms with Crippen LogP contribution in [-0.2, 0) is 6.42 Å². The molecule has 0 saturated carbocycles. The van der Waals surface area contributed by atoms with E-state index >= 15 is 0 Å². The number of phenols is 1.